The highest BCUT2D eigenvalue weighted by molar-refractivity contribution is 9.10. The van der Waals surface area contributed by atoms with Gasteiger partial charge in [-0.25, -0.2) is 0 Å². The Kier molecular flexibility index (Phi) is 3.25. The molecule has 0 bridgehead atoms. The Morgan fingerprint density at radius 3 is 2.68 bits per heavy atom. The second kappa shape index (κ2) is 4.91. The molecule has 0 saturated heterocycles. The molecule has 1 heterocycles. The molecule has 3 rings (SSSR count). The van der Waals surface area contributed by atoms with Crippen molar-refractivity contribution in [3.8, 4) is 0 Å². The van der Waals surface area contributed by atoms with Gasteiger partial charge in [0.25, 0.3) is 0 Å². The van der Waals surface area contributed by atoms with Crippen LogP contribution in [0.25, 0.3) is 10.9 Å². The summed E-state index contributed by atoms with van der Waals surface area (Å²) in [6, 6.07) is 13.9. The molecule has 4 heteroatoms. The van der Waals surface area contributed by atoms with Crippen LogP contribution in [0.5, 0.6) is 0 Å². The summed E-state index contributed by atoms with van der Waals surface area (Å²) in [5.41, 5.74) is 8.85. The van der Waals surface area contributed by atoms with Gasteiger partial charge in [-0.05, 0) is 30.3 Å². The number of rotatable bonds is 2. The van der Waals surface area contributed by atoms with Gasteiger partial charge < -0.3 is 10.3 Å². The topological polar surface area (TPSA) is 30.9 Å². The van der Waals surface area contributed by atoms with Crippen LogP contribution in [0, 0.1) is 0 Å². The van der Waals surface area contributed by atoms with Crippen molar-refractivity contribution in [3.05, 3.63) is 63.7 Å². The summed E-state index contributed by atoms with van der Waals surface area (Å²) in [6.45, 7) is 0.672. The van der Waals surface area contributed by atoms with Gasteiger partial charge in [-0.2, -0.15) is 0 Å². The van der Waals surface area contributed by atoms with E-state index in [-0.39, 0.29) is 0 Å². The van der Waals surface area contributed by atoms with Crippen LogP contribution in [0.3, 0.4) is 0 Å². The number of nitrogens with two attached hydrogens (primary N) is 1. The Morgan fingerprint density at radius 1 is 1.11 bits per heavy atom. The van der Waals surface area contributed by atoms with Gasteiger partial charge in [0.05, 0.1) is 6.54 Å². The van der Waals surface area contributed by atoms with Crippen molar-refractivity contribution >= 4 is 44.1 Å². The first kappa shape index (κ1) is 12.6. The van der Waals surface area contributed by atoms with E-state index in [4.69, 9.17) is 17.3 Å². The van der Waals surface area contributed by atoms with Gasteiger partial charge in [-0.3, -0.25) is 0 Å². The summed E-state index contributed by atoms with van der Waals surface area (Å²) >= 11 is 9.79. The quantitative estimate of drug-likeness (QED) is 0.677. The Balaban J connectivity index is 2.09. The van der Waals surface area contributed by atoms with E-state index >= 15 is 0 Å². The van der Waals surface area contributed by atoms with Crippen LogP contribution >= 0.6 is 27.5 Å². The molecule has 0 aliphatic carbocycles. The van der Waals surface area contributed by atoms with Crippen LogP contribution in [0.2, 0.25) is 5.02 Å². The lowest BCUT2D eigenvalue weighted by atomic mass is 10.2. The predicted octanol–water partition coefficient (Wildman–Crippen LogP) is 4.69. The molecule has 1 aromatic heterocycles. The molecule has 2 N–H and O–H groups in total. The molecule has 0 aliphatic heterocycles. The highest BCUT2D eigenvalue weighted by Gasteiger charge is 2.08. The van der Waals surface area contributed by atoms with Gasteiger partial charge in [0, 0.05) is 37.8 Å². The summed E-state index contributed by atoms with van der Waals surface area (Å²) < 4.78 is 3.24. The molecular formula is C15H12BrClN2. The molecule has 3 aromatic rings. The normalized spacial score (nSPS) is 11.1. The van der Waals surface area contributed by atoms with Crippen molar-refractivity contribution in [2.24, 2.45) is 0 Å². The average molecular weight is 336 g/mol. The summed E-state index contributed by atoms with van der Waals surface area (Å²) in [7, 11) is 0. The van der Waals surface area contributed by atoms with E-state index in [0.717, 1.165) is 21.2 Å². The molecule has 0 amide bonds. The lowest BCUT2D eigenvalue weighted by molar-refractivity contribution is 0.839. The van der Waals surface area contributed by atoms with Crippen molar-refractivity contribution < 1.29 is 0 Å². The molecule has 0 spiro atoms. The van der Waals surface area contributed by atoms with Gasteiger partial charge in [-0.15, -0.1) is 0 Å². The minimum atomic E-state index is 0.672. The fourth-order valence-electron chi connectivity index (χ4n) is 2.24. The standard InChI is InChI=1S/C15H12BrClN2/c16-12-3-1-6-15-10(12)7-8-19(15)9-11-13(17)4-2-5-14(11)18/h1-8H,9,18H2. The second-order valence-electron chi connectivity index (χ2n) is 4.42. The second-order valence-corrected chi connectivity index (χ2v) is 5.69. The van der Waals surface area contributed by atoms with Crippen molar-refractivity contribution in [3.63, 3.8) is 0 Å². The highest BCUT2D eigenvalue weighted by Crippen LogP contribution is 2.28. The minimum Gasteiger partial charge on any atom is -0.398 e. The molecule has 0 unspecified atom stereocenters. The van der Waals surface area contributed by atoms with Crippen LogP contribution in [0.1, 0.15) is 5.56 Å². The van der Waals surface area contributed by atoms with Crippen molar-refractivity contribution in [1.29, 1.82) is 0 Å². The lowest BCUT2D eigenvalue weighted by Gasteiger charge is -2.10. The first-order valence-electron chi connectivity index (χ1n) is 5.93. The number of halogens is 2. The molecule has 0 fully saturated rings. The highest BCUT2D eigenvalue weighted by atomic mass is 79.9. The van der Waals surface area contributed by atoms with Crippen LogP contribution in [-0.4, -0.2) is 4.57 Å². The summed E-state index contributed by atoms with van der Waals surface area (Å²) in [5.74, 6) is 0. The Hall–Kier alpha value is -1.45. The number of nitrogen functional groups attached to an aromatic ring is 1. The van der Waals surface area contributed by atoms with E-state index < -0.39 is 0 Å². The molecule has 2 nitrogen and oxygen atoms in total. The maximum atomic E-state index is 6.23. The molecule has 0 saturated carbocycles. The van der Waals surface area contributed by atoms with Gasteiger partial charge in [0.15, 0.2) is 0 Å². The molecule has 2 aromatic carbocycles. The van der Waals surface area contributed by atoms with E-state index in [0.29, 0.717) is 11.6 Å². The molecule has 96 valence electrons. The van der Waals surface area contributed by atoms with Gasteiger partial charge in [0.2, 0.25) is 0 Å². The van der Waals surface area contributed by atoms with Crippen LogP contribution < -0.4 is 5.73 Å². The van der Waals surface area contributed by atoms with Crippen LogP contribution in [0.15, 0.2) is 53.1 Å². The molecular weight excluding hydrogens is 324 g/mol. The predicted molar refractivity (Wildman–Crippen MR) is 84.6 cm³/mol. The summed E-state index contributed by atoms with van der Waals surface area (Å²) in [4.78, 5) is 0. The zero-order valence-corrected chi connectivity index (χ0v) is 12.4. The van der Waals surface area contributed by atoms with E-state index in [2.05, 4.69) is 38.8 Å². The monoisotopic (exact) mass is 334 g/mol. The molecule has 0 atom stereocenters. The number of benzene rings is 2. The minimum absolute atomic E-state index is 0.672. The van der Waals surface area contributed by atoms with E-state index in [9.17, 15) is 0 Å². The third-order valence-corrected chi connectivity index (χ3v) is 4.29. The van der Waals surface area contributed by atoms with Crippen LogP contribution in [-0.2, 0) is 6.54 Å². The number of nitrogens with zero attached hydrogens (tertiary/aromatic N) is 1. The number of fused-ring (bicyclic) bond motifs is 1. The maximum Gasteiger partial charge on any atom is 0.0511 e. The Morgan fingerprint density at radius 2 is 1.89 bits per heavy atom. The number of hydrogen-bond donors (Lipinski definition) is 1. The molecule has 0 radical (unpaired) electrons. The smallest absolute Gasteiger partial charge is 0.0511 e. The first-order valence-corrected chi connectivity index (χ1v) is 7.10. The third-order valence-electron chi connectivity index (χ3n) is 3.24. The zero-order valence-electron chi connectivity index (χ0n) is 10.1. The van der Waals surface area contributed by atoms with Crippen LogP contribution in [0.4, 0.5) is 5.69 Å². The van der Waals surface area contributed by atoms with E-state index in [1.54, 1.807) is 0 Å². The fraction of sp³-hybridized carbons (Fsp3) is 0.0667. The first-order chi connectivity index (χ1) is 9.16. The number of anilines is 1. The zero-order chi connectivity index (χ0) is 13.4. The van der Waals surface area contributed by atoms with Crippen molar-refractivity contribution in [1.82, 2.24) is 4.57 Å². The van der Waals surface area contributed by atoms with Gasteiger partial charge in [0.1, 0.15) is 0 Å². The van der Waals surface area contributed by atoms with Gasteiger partial charge in [-0.1, -0.05) is 39.7 Å². The largest absolute Gasteiger partial charge is 0.398 e. The average Bonchev–Trinajstić information content (AvgIpc) is 2.79. The SMILES string of the molecule is Nc1cccc(Cl)c1Cn1ccc2c(Br)cccc21. The third kappa shape index (κ3) is 2.24. The van der Waals surface area contributed by atoms with Gasteiger partial charge >= 0.3 is 0 Å². The summed E-state index contributed by atoms with van der Waals surface area (Å²) in [5, 5.41) is 1.89. The molecule has 19 heavy (non-hydrogen) atoms. The number of aromatic nitrogens is 1. The molecule has 0 aliphatic rings. The maximum absolute atomic E-state index is 6.23. The van der Waals surface area contributed by atoms with E-state index in [1.165, 1.54) is 5.39 Å². The van der Waals surface area contributed by atoms with Crippen molar-refractivity contribution in [2.75, 3.05) is 5.73 Å². The lowest BCUT2D eigenvalue weighted by Crippen LogP contribution is -2.02. The summed E-state index contributed by atoms with van der Waals surface area (Å²) in [6.07, 6.45) is 2.05. The Bertz CT molecular complexity index is 729. The van der Waals surface area contributed by atoms with Crippen molar-refractivity contribution in [2.45, 2.75) is 6.54 Å². The fourth-order valence-corrected chi connectivity index (χ4v) is 2.97. The van der Waals surface area contributed by atoms with E-state index in [1.807, 2.05) is 30.3 Å². The Labute approximate surface area is 124 Å². The number of hydrogen-bond acceptors (Lipinski definition) is 1.